The van der Waals surface area contributed by atoms with E-state index in [1.54, 1.807) is 6.07 Å². The van der Waals surface area contributed by atoms with Crippen molar-refractivity contribution in [2.45, 2.75) is 17.9 Å². The molecule has 1 N–H and O–H groups in total. The van der Waals surface area contributed by atoms with Gasteiger partial charge in [-0.05, 0) is 25.1 Å². The zero-order chi connectivity index (χ0) is 14.0. The Morgan fingerprint density at radius 3 is 2.39 bits per heavy atom. The van der Waals surface area contributed by atoms with Crippen molar-refractivity contribution in [3.63, 3.8) is 0 Å². The quantitative estimate of drug-likeness (QED) is 0.881. The van der Waals surface area contributed by atoms with Crippen LogP contribution in [0.4, 0.5) is 0 Å². The Hall–Kier alpha value is -0.630. The molecule has 1 aromatic rings. The van der Waals surface area contributed by atoms with Gasteiger partial charge in [-0.1, -0.05) is 17.7 Å². The highest BCUT2D eigenvalue weighted by atomic mass is 35.5. The normalized spacial score (nSPS) is 14.4. The van der Waals surface area contributed by atoms with E-state index >= 15 is 0 Å². The van der Waals surface area contributed by atoms with Crippen LogP contribution >= 0.6 is 11.6 Å². The highest BCUT2D eigenvalue weighted by Gasteiger charge is 2.20. The van der Waals surface area contributed by atoms with E-state index in [0.29, 0.717) is 5.02 Å². The average Bonchev–Trinajstić information content (AvgIpc) is 2.13. The molecule has 0 saturated carbocycles. The van der Waals surface area contributed by atoms with Crippen molar-refractivity contribution in [2.75, 3.05) is 12.0 Å². The third-order valence-electron chi connectivity index (χ3n) is 2.02. The third kappa shape index (κ3) is 4.93. The molecule has 5 nitrogen and oxygen atoms in total. The summed E-state index contributed by atoms with van der Waals surface area (Å²) < 4.78 is 48.2. The summed E-state index contributed by atoms with van der Waals surface area (Å²) in [5.41, 5.74) is 0. The van der Waals surface area contributed by atoms with E-state index in [9.17, 15) is 16.8 Å². The Morgan fingerprint density at radius 2 is 1.89 bits per heavy atom. The lowest BCUT2D eigenvalue weighted by Crippen LogP contribution is -2.37. The smallest absolute Gasteiger partial charge is 0.229 e. The van der Waals surface area contributed by atoms with Crippen molar-refractivity contribution in [1.82, 2.24) is 4.72 Å². The van der Waals surface area contributed by atoms with Crippen molar-refractivity contribution >= 4 is 31.5 Å². The maximum atomic E-state index is 11.9. The molecule has 0 bridgehead atoms. The van der Waals surface area contributed by atoms with Crippen molar-refractivity contribution in [3.05, 3.63) is 29.3 Å². The van der Waals surface area contributed by atoms with Crippen LogP contribution in [0.5, 0.6) is 0 Å². The van der Waals surface area contributed by atoms with Gasteiger partial charge in [0.25, 0.3) is 0 Å². The van der Waals surface area contributed by atoms with Crippen molar-refractivity contribution < 1.29 is 16.8 Å². The fourth-order valence-electron chi connectivity index (χ4n) is 1.46. The van der Waals surface area contributed by atoms with Crippen LogP contribution in [0.3, 0.4) is 0 Å². The van der Waals surface area contributed by atoms with E-state index in [1.165, 1.54) is 25.1 Å². The summed E-state index contributed by atoms with van der Waals surface area (Å²) >= 11 is 5.71. The second-order valence-electron chi connectivity index (χ2n) is 4.07. The molecule has 0 aliphatic rings. The lowest BCUT2D eigenvalue weighted by atomic mass is 10.4. The van der Waals surface area contributed by atoms with Crippen LogP contribution in [-0.2, 0) is 19.9 Å². The van der Waals surface area contributed by atoms with Gasteiger partial charge >= 0.3 is 0 Å². The van der Waals surface area contributed by atoms with Crippen molar-refractivity contribution in [2.24, 2.45) is 0 Å². The Bertz CT molecular complexity index is 625. The van der Waals surface area contributed by atoms with Gasteiger partial charge in [0.15, 0.2) is 0 Å². The average molecular weight is 312 g/mol. The van der Waals surface area contributed by atoms with Gasteiger partial charge in [0.05, 0.1) is 10.6 Å². The van der Waals surface area contributed by atoms with Crippen LogP contribution in [0.2, 0.25) is 5.02 Å². The third-order valence-corrected chi connectivity index (χ3v) is 4.94. The van der Waals surface area contributed by atoms with Crippen molar-refractivity contribution in [3.8, 4) is 0 Å². The second kappa shape index (κ2) is 5.56. The minimum Gasteiger partial charge on any atom is -0.229 e. The number of sulfonamides is 1. The molecule has 0 amide bonds. The minimum absolute atomic E-state index is 0.00958. The van der Waals surface area contributed by atoms with Gasteiger partial charge in [-0.25, -0.2) is 21.6 Å². The molecule has 8 heteroatoms. The predicted octanol–water partition coefficient (Wildman–Crippen LogP) is 1.05. The number of sulfone groups is 1. The van der Waals surface area contributed by atoms with Gasteiger partial charge in [-0.15, -0.1) is 0 Å². The van der Waals surface area contributed by atoms with E-state index in [-0.39, 0.29) is 10.6 Å². The number of hydrogen-bond acceptors (Lipinski definition) is 4. The molecule has 1 rings (SSSR count). The molecule has 0 spiro atoms. The number of hydrogen-bond donors (Lipinski definition) is 1. The molecule has 0 radical (unpaired) electrons. The number of nitrogens with one attached hydrogen (secondary N) is 1. The Morgan fingerprint density at radius 1 is 1.28 bits per heavy atom. The Labute approximate surface area is 112 Å². The van der Waals surface area contributed by atoms with E-state index in [1.807, 2.05) is 0 Å². The van der Waals surface area contributed by atoms with Crippen LogP contribution < -0.4 is 4.72 Å². The molecule has 18 heavy (non-hydrogen) atoms. The fraction of sp³-hybridized carbons (Fsp3) is 0.400. The standard InChI is InChI=1S/C10H14ClNO4S2/c1-8(7-17(2,13)14)12-18(15,16)10-5-3-4-9(11)6-10/h3-6,8,12H,7H2,1-2H3. The van der Waals surface area contributed by atoms with Gasteiger partial charge < -0.3 is 0 Å². The summed E-state index contributed by atoms with van der Waals surface area (Å²) in [7, 11) is -6.99. The molecule has 0 fully saturated rings. The first-order valence-corrected chi connectivity index (χ1v) is 8.98. The molecule has 1 atom stereocenters. The van der Waals surface area contributed by atoms with E-state index in [2.05, 4.69) is 4.72 Å². The van der Waals surface area contributed by atoms with Crippen molar-refractivity contribution in [1.29, 1.82) is 0 Å². The highest BCUT2D eigenvalue weighted by molar-refractivity contribution is 7.91. The Balaban J connectivity index is 2.89. The van der Waals surface area contributed by atoms with Crippen LogP contribution in [0.15, 0.2) is 29.2 Å². The first kappa shape index (κ1) is 15.4. The van der Waals surface area contributed by atoms with Gasteiger partial charge in [0, 0.05) is 17.3 Å². The largest absolute Gasteiger partial charge is 0.240 e. The maximum Gasteiger partial charge on any atom is 0.240 e. The number of halogens is 1. The highest BCUT2D eigenvalue weighted by Crippen LogP contribution is 2.15. The van der Waals surface area contributed by atoms with Crippen LogP contribution in [0.25, 0.3) is 0 Å². The second-order valence-corrected chi connectivity index (χ2v) is 8.41. The Kier molecular flexibility index (Phi) is 4.77. The predicted molar refractivity (Wildman–Crippen MR) is 70.9 cm³/mol. The number of rotatable bonds is 5. The summed E-state index contributed by atoms with van der Waals surface area (Å²) in [4.78, 5) is 0.00958. The molecule has 0 aliphatic carbocycles. The van der Waals surface area contributed by atoms with Gasteiger partial charge in [-0.2, -0.15) is 0 Å². The molecule has 102 valence electrons. The van der Waals surface area contributed by atoms with E-state index in [0.717, 1.165) is 6.26 Å². The SMILES string of the molecule is CC(CS(C)(=O)=O)NS(=O)(=O)c1cccc(Cl)c1. The molecule has 0 aliphatic heterocycles. The van der Waals surface area contributed by atoms with Gasteiger partial charge in [-0.3, -0.25) is 0 Å². The zero-order valence-corrected chi connectivity index (χ0v) is 12.3. The fourth-order valence-corrected chi connectivity index (χ4v) is 4.10. The molecule has 0 aromatic heterocycles. The molecule has 1 aromatic carbocycles. The molecule has 0 saturated heterocycles. The minimum atomic E-state index is -3.75. The van der Waals surface area contributed by atoms with Crippen LogP contribution in [0.1, 0.15) is 6.92 Å². The van der Waals surface area contributed by atoms with Gasteiger partial charge in [0.1, 0.15) is 9.84 Å². The summed E-state index contributed by atoms with van der Waals surface area (Å²) in [6.45, 7) is 1.49. The molecule has 1 unspecified atom stereocenters. The molecular weight excluding hydrogens is 298 g/mol. The maximum absolute atomic E-state index is 11.9. The van der Waals surface area contributed by atoms with Crippen LogP contribution in [0, 0.1) is 0 Å². The van der Waals surface area contributed by atoms with Gasteiger partial charge in [0.2, 0.25) is 10.0 Å². The summed E-state index contributed by atoms with van der Waals surface area (Å²) in [5, 5.41) is 0.300. The number of benzene rings is 1. The first-order chi connectivity index (χ1) is 8.10. The summed E-state index contributed by atoms with van der Waals surface area (Å²) in [6, 6.07) is 5.06. The van der Waals surface area contributed by atoms with E-state index in [4.69, 9.17) is 11.6 Å². The molecule has 0 heterocycles. The zero-order valence-electron chi connectivity index (χ0n) is 9.92. The topological polar surface area (TPSA) is 80.3 Å². The van der Waals surface area contributed by atoms with Crippen LogP contribution in [-0.4, -0.2) is 34.9 Å². The lowest BCUT2D eigenvalue weighted by Gasteiger charge is -2.13. The summed E-state index contributed by atoms with van der Waals surface area (Å²) in [6.07, 6.45) is 1.05. The monoisotopic (exact) mass is 311 g/mol. The molecular formula is C10H14ClNO4S2. The summed E-state index contributed by atoms with van der Waals surface area (Å²) in [5.74, 6) is -0.257. The van der Waals surface area contributed by atoms with E-state index < -0.39 is 25.9 Å². The lowest BCUT2D eigenvalue weighted by molar-refractivity contribution is 0.564. The first-order valence-electron chi connectivity index (χ1n) is 5.06.